The number of rotatable bonds is 12. The van der Waals surface area contributed by atoms with Crippen molar-refractivity contribution in [3.8, 4) is 0 Å². The highest BCUT2D eigenvalue weighted by Crippen LogP contribution is 2.29. The molecule has 1 N–H and O–H groups in total. The summed E-state index contributed by atoms with van der Waals surface area (Å²) in [6.07, 6.45) is 3.12. The second-order valence-corrected chi connectivity index (χ2v) is 11.8. The maximum absolute atomic E-state index is 13.9. The Morgan fingerprint density at radius 2 is 1.71 bits per heavy atom. The van der Waals surface area contributed by atoms with E-state index in [1.165, 1.54) is 4.90 Å². The molecule has 0 bridgehead atoms. The number of nitrogens with one attached hydrogen (secondary N) is 1. The summed E-state index contributed by atoms with van der Waals surface area (Å²) >= 11 is 12.5. The Balaban J connectivity index is 2.02. The quantitative estimate of drug-likeness (QED) is 0.282. The molecule has 3 rings (SSSR count). The van der Waals surface area contributed by atoms with Crippen LogP contribution in [0.5, 0.6) is 0 Å². The van der Waals surface area contributed by atoms with Crippen molar-refractivity contribution in [3.63, 3.8) is 0 Å². The highest BCUT2D eigenvalue weighted by atomic mass is 35.5. The Labute approximate surface area is 234 Å². The van der Waals surface area contributed by atoms with Crippen LogP contribution in [0.25, 0.3) is 10.8 Å². The summed E-state index contributed by atoms with van der Waals surface area (Å²) in [5.74, 6) is -0.817. The van der Waals surface area contributed by atoms with Crippen molar-refractivity contribution < 1.29 is 18.0 Å². The van der Waals surface area contributed by atoms with Crippen molar-refractivity contribution >= 4 is 61.5 Å². The van der Waals surface area contributed by atoms with Crippen molar-refractivity contribution in [2.24, 2.45) is 0 Å². The lowest BCUT2D eigenvalue weighted by atomic mass is 10.1. The number of benzene rings is 3. The number of halogens is 2. The Kier molecular flexibility index (Phi) is 10.4. The van der Waals surface area contributed by atoms with Gasteiger partial charge in [-0.3, -0.25) is 13.9 Å². The molecule has 0 aliphatic carbocycles. The van der Waals surface area contributed by atoms with Gasteiger partial charge in [0.2, 0.25) is 21.8 Å². The largest absolute Gasteiger partial charge is 0.354 e. The molecule has 0 saturated carbocycles. The monoisotopic (exact) mass is 577 g/mol. The zero-order valence-corrected chi connectivity index (χ0v) is 24.1. The summed E-state index contributed by atoms with van der Waals surface area (Å²) in [7, 11) is -3.85. The van der Waals surface area contributed by atoms with E-state index >= 15 is 0 Å². The maximum Gasteiger partial charge on any atom is 0.244 e. The van der Waals surface area contributed by atoms with Crippen LogP contribution in [0.2, 0.25) is 10.0 Å². The molecule has 0 saturated heterocycles. The highest BCUT2D eigenvalue weighted by molar-refractivity contribution is 7.92. The smallest absolute Gasteiger partial charge is 0.244 e. The lowest BCUT2D eigenvalue weighted by Gasteiger charge is -2.33. The minimum atomic E-state index is -3.85. The Bertz CT molecular complexity index is 1390. The molecule has 0 spiro atoms. The summed E-state index contributed by atoms with van der Waals surface area (Å²) in [6.45, 7) is 3.86. The van der Waals surface area contributed by atoms with Gasteiger partial charge < -0.3 is 10.2 Å². The second-order valence-electron chi connectivity index (χ2n) is 9.09. The van der Waals surface area contributed by atoms with Crippen LogP contribution in [-0.2, 0) is 26.2 Å². The third kappa shape index (κ3) is 7.40. The number of hydrogen-bond acceptors (Lipinski definition) is 4. The summed E-state index contributed by atoms with van der Waals surface area (Å²) in [4.78, 5) is 28.5. The Morgan fingerprint density at radius 1 is 1.00 bits per heavy atom. The molecular weight excluding hydrogens is 545 g/mol. The number of unbranched alkanes of at least 4 members (excludes halogenated alkanes) is 1. The molecule has 7 nitrogen and oxygen atoms in total. The van der Waals surface area contributed by atoms with E-state index in [2.05, 4.69) is 5.32 Å². The van der Waals surface area contributed by atoms with Gasteiger partial charge in [0, 0.05) is 28.5 Å². The van der Waals surface area contributed by atoms with E-state index in [-0.39, 0.29) is 12.5 Å². The van der Waals surface area contributed by atoms with E-state index in [4.69, 9.17) is 23.2 Å². The predicted octanol–water partition coefficient (Wildman–Crippen LogP) is 5.64. The van der Waals surface area contributed by atoms with Crippen LogP contribution in [0.1, 0.15) is 38.7 Å². The van der Waals surface area contributed by atoms with Crippen molar-refractivity contribution in [3.05, 3.63) is 76.3 Å². The van der Waals surface area contributed by atoms with Crippen molar-refractivity contribution in [2.75, 3.05) is 23.7 Å². The number of carbonyl (C=O) groups excluding carboxylic acids is 2. The maximum atomic E-state index is 13.9. The summed E-state index contributed by atoms with van der Waals surface area (Å²) < 4.78 is 27.0. The number of anilines is 1. The summed E-state index contributed by atoms with van der Waals surface area (Å²) in [5.41, 5.74) is 0.990. The van der Waals surface area contributed by atoms with Crippen molar-refractivity contribution in [1.82, 2.24) is 10.2 Å². The Hall–Kier alpha value is -2.81. The fourth-order valence-corrected chi connectivity index (χ4v) is 5.61. The number of amides is 2. The average Bonchev–Trinajstić information content (AvgIpc) is 2.87. The minimum absolute atomic E-state index is 0.0156. The number of carbonyl (C=O) groups is 2. The van der Waals surface area contributed by atoms with Gasteiger partial charge in [-0.1, -0.05) is 85.9 Å². The SMILES string of the molecule is CCCCNC(=O)C(CC)N(Cc1ccc(Cl)cc1Cl)C(=O)CN(c1cccc2ccccc12)S(C)(=O)=O. The van der Waals surface area contributed by atoms with Crippen molar-refractivity contribution in [2.45, 2.75) is 45.7 Å². The van der Waals surface area contributed by atoms with E-state index in [0.29, 0.717) is 39.6 Å². The van der Waals surface area contributed by atoms with Crippen LogP contribution < -0.4 is 9.62 Å². The van der Waals surface area contributed by atoms with Gasteiger partial charge in [-0.05, 0) is 42.0 Å². The first-order valence-corrected chi connectivity index (χ1v) is 15.1. The second kappa shape index (κ2) is 13.3. The molecule has 0 radical (unpaired) electrons. The summed E-state index contributed by atoms with van der Waals surface area (Å²) in [5, 5.41) is 5.24. The highest BCUT2D eigenvalue weighted by Gasteiger charge is 2.32. The van der Waals surface area contributed by atoms with E-state index < -0.39 is 28.5 Å². The first-order valence-electron chi connectivity index (χ1n) is 12.5. The fourth-order valence-electron chi connectivity index (χ4n) is 4.28. The van der Waals surface area contributed by atoms with Gasteiger partial charge in [0.05, 0.1) is 11.9 Å². The van der Waals surface area contributed by atoms with E-state index in [1.807, 2.05) is 44.2 Å². The standard InChI is InChI=1S/C28H33Cl2N3O4S/c1-4-6-16-31-28(35)25(5-2)32(18-21-14-15-22(29)17-24(21)30)27(34)19-33(38(3,36)37)26-13-9-11-20-10-7-8-12-23(20)26/h7-15,17,25H,4-6,16,18-19H2,1-3H3,(H,31,35). The average molecular weight is 579 g/mol. The molecule has 1 atom stereocenters. The summed E-state index contributed by atoms with van der Waals surface area (Å²) in [6, 6.07) is 16.8. The molecule has 0 heterocycles. The zero-order chi connectivity index (χ0) is 27.9. The van der Waals surface area contributed by atoms with Crippen LogP contribution in [-0.4, -0.2) is 50.5 Å². The van der Waals surface area contributed by atoms with Gasteiger partial charge in [0.15, 0.2) is 0 Å². The molecule has 10 heteroatoms. The van der Waals surface area contributed by atoms with Crippen LogP contribution in [0, 0.1) is 0 Å². The Morgan fingerprint density at radius 3 is 2.37 bits per heavy atom. The van der Waals surface area contributed by atoms with E-state index in [1.54, 1.807) is 30.3 Å². The van der Waals surface area contributed by atoms with Gasteiger partial charge in [-0.2, -0.15) is 0 Å². The fraction of sp³-hybridized carbons (Fsp3) is 0.357. The molecule has 0 aromatic heterocycles. The van der Waals surface area contributed by atoms with Gasteiger partial charge in [0.25, 0.3) is 0 Å². The molecule has 2 amide bonds. The van der Waals surface area contributed by atoms with E-state index in [0.717, 1.165) is 28.8 Å². The van der Waals surface area contributed by atoms with Crippen LogP contribution in [0.15, 0.2) is 60.7 Å². The first kappa shape index (κ1) is 29.7. The van der Waals surface area contributed by atoms with Crippen molar-refractivity contribution in [1.29, 1.82) is 0 Å². The number of hydrogen-bond donors (Lipinski definition) is 1. The minimum Gasteiger partial charge on any atom is -0.354 e. The molecule has 0 fully saturated rings. The van der Waals surface area contributed by atoms with Gasteiger partial charge in [-0.15, -0.1) is 0 Å². The lowest BCUT2D eigenvalue weighted by molar-refractivity contribution is -0.140. The van der Waals surface area contributed by atoms with E-state index in [9.17, 15) is 18.0 Å². The molecule has 204 valence electrons. The molecular formula is C28H33Cl2N3O4S. The predicted molar refractivity (Wildman–Crippen MR) is 155 cm³/mol. The third-order valence-electron chi connectivity index (χ3n) is 6.29. The molecule has 1 unspecified atom stereocenters. The zero-order valence-electron chi connectivity index (χ0n) is 21.8. The molecule has 3 aromatic carbocycles. The number of fused-ring (bicyclic) bond motifs is 1. The molecule has 3 aromatic rings. The topological polar surface area (TPSA) is 86.8 Å². The van der Waals surface area contributed by atoms with Gasteiger partial charge in [0.1, 0.15) is 12.6 Å². The molecule has 0 aliphatic rings. The number of sulfonamides is 1. The first-order chi connectivity index (χ1) is 18.1. The van der Waals surface area contributed by atoms with Gasteiger partial charge >= 0.3 is 0 Å². The van der Waals surface area contributed by atoms with Crippen LogP contribution in [0.3, 0.4) is 0 Å². The van der Waals surface area contributed by atoms with Crippen LogP contribution >= 0.6 is 23.2 Å². The normalized spacial score (nSPS) is 12.2. The third-order valence-corrected chi connectivity index (χ3v) is 8.00. The van der Waals surface area contributed by atoms with Crippen LogP contribution in [0.4, 0.5) is 5.69 Å². The lowest BCUT2D eigenvalue weighted by Crippen LogP contribution is -2.52. The number of nitrogens with zero attached hydrogens (tertiary/aromatic N) is 2. The van der Waals surface area contributed by atoms with Gasteiger partial charge in [-0.25, -0.2) is 8.42 Å². The molecule has 38 heavy (non-hydrogen) atoms. The molecule has 0 aliphatic heterocycles.